The number of fused-ring (bicyclic) bond motifs is 1. The van der Waals surface area contributed by atoms with Gasteiger partial charge in [0.05, 0.1) is 30.8 Å². The van der Waals surface area contributed by atoms with E-state index >= 15 is 0 Å². The molecule has 2 amide bonds. The van der Waals surface area contributed by atoms with Crippen LogP contribution in [0.4, 0.5) is 0 Å². The zero-order chi connectivity index (χ0) is 16.5. The van der Waals surface area contributed by atoms with Crippen LogP contribution in [-0.2, 0) is 34.0 Å². The molecule has 0 N–H and O–H groups in total. The van der Waals surface area contributed by atoms with E-state index in [9.17, 15) is 9.59 Å². The Hall–Kier alpha value is -1.89. The fourth-order valence-electron chi connectivity index (χ4n) is 3.86. The predicted molar refractivity (Wildman–Crippen MR) is 85.9 cm³/mol. The second kappa shape index (κ2) is 6.55. The number of carbonyl (C=O) groups is 2. The van der Waals surface area contributed by atoms with Crippen molar-refractivity contribution in [2.24, 2.45) is 0 Å². The van der Waals surface area contributed by atoms with E-state index in [1.54, 1.807) is 0 Å². The third kappa shape index (κ3) is 2.92. The van der Waals surface area contributed by atoms with E-state index in [0.717, 1.165) is 56.7 Å². The lowest BCUT2D eigenvalue weighted by atomic mass is 10.2. The first kappa shape index (κ1) is 15.6. The Morgan fingerprint density at radius 2 is 2.17 bits per heavy atom. The average molecular weight is 332 g/mol. The van der Waals surface area contributed by atoms with Crippen LogP contribution in [0.2, 0.25) is 0 Å². The van der Waals surface area contributed by atoms with Crippen LogP contribution in [0.5, 0.6) is 0 Å². The summed E-state index contributed by atoms with van der Waals surface area (Å²) in [4.78, 5) is 32.9. The molecule has 2 fully saturated rings. The second-order valence-electron chi connectivity index (χ2n) is 6.87. The highest BCUT2D eigenvalue weighted by atomic mass is 16.5. The number of imidazole rings is 1. The topological polar surface area (TPSA) is 67.7 Å². The van der Waals surface area contributed by atoms with Gasteiger partial charge in [-0.2, -0.15) is 0 Å². The van der Waals surface area contributed by atoms with Crippen molar-refractivity contribution >= 4 is 11.8 Å². The van der Waals surface area contributed by atoms with Crippen LogP contribution in [0.15, 0.2) is 6.33 Å². The minimum Gasteiger partial charge on any atom is -0.368 e. The van der Waals surface area contributed by atoms with Crippen LogP contribution in [0.25, 0.3) is 0 Å². The molecule has 0 aliphatic carbocycles. The summed E-state index contributed by atoms with van der Waals surface area (Å²) in [5, 5.41) is 0. The number of aryl methyl sites for hydroxylation is 1. The van der Waals surface area contributed by atoms with E-state index in [-0.39, 0.29) is 17.9 Å². The van der Waals surface area contributed by atoms with Gasteiger partial charge >= 0.3 is 0 Å². The lowest BCUT2D eigenvalue weighted by Crippen LogP contribution is -2.39. The number of carbonyl (C=O) groups excluding carboxylic acids is 2. The maximum Gasteiger partial charge on any atom is 0.252 e. The van der Waals surface area contributed by atoms with Crippen molar-refractivity contribution in [1.82, 2.24) is 19.4 Å². The predicted octanol–water partition coefficient (Wildman–Crippen LogP) is 0.917. The van der Waals surface area contributed by atoms with Gasteiger partial charge in [0.2, 0.25) is 5.91 Å². The van der Waals surface area contributed by atoms with Gasteiger partial charge in [-0.25, -0.2) is 4.98 Å². The van der Waals surface area contributed by atoms with Gasteiger partial charge in [0.1, 0.15) is 6.10 Å². The highest BCUT2D eigenvalue weighted by Crippen LogP contribution is 2.22. The molecule has 0 radical (unpaired) electrons. The van der Waals surface area contributed by atoms with Crippen LogP contribution < -0.4 is 0 Å². The van der Waals surface area contributed by atoms with Crippen LogP contribution in [0.3, 0.4) is 0 Å². The smallest absolute Gasteiger partial charge is 0.252 e. The fraction of sp³-hybridized carbons (Fsp3) is 0.706. The first-order valence-electron chi connectivity index (χ1n) is 8.93. The minimum absolute atomic E-state index is 0.102. The van der Waals surface area contributed by atoms with Gasteiger partial charge in [-0.1, -0.05) is 0 Å². The molecule has 24 heavy (non-hydrogen) atoms. The number of rotatable bonds is 3. The average Bonchev–Trinajstić information content (AvgIpc) is 3.29. The molecule has 4 heterocycles. The zero-order valence-corrected chi connectivity index (χ0v) is 13.9. The lowest BCUT2D eigenvalue weighted by molar-refractivity contribution is -0.141. The molecule has 130 valence electrons. The molecule has 0 spiro atoms. The number of ether oxygens (including phenoxy) is 1. The molecule has 3 aliphatic heterocycles. The van der Waals surface area contributed by atoms with Crippen molar-refractivity contribution in [3.8, 4) is 0 Å². The number of hydrogen-bond donors (Lipinski definition) is 0. The third-order valence-electron chi connectivity index (χ3n) is 5.23. The number of nitrogens with zero attached hydrogens (tertiary/aromatic N) is 4. The van der Waals surface area contributed by atoms with Gasteiger partial charge in [-0.05, 0) is 25.7 Å². The van der Waals surface area contributed by atoms with Crippen LogP contribution in [0, 0.1) is 0 Å². The SMILES string of the molecule is O=C1CCCN1Cc1ncn2c1CN(C(=O)[C@H]1CCCO1)CCC2. The summed E-state index contributed by atoms with van der Waals surface area (Å²) in [5.74, 6) is 0.308. The Kier molecular flexibility index (Phi) is 4.26. The van der Waals surface area contributed by atoms with Gasteiger partial charge in [0, 0.05) is 32.7 Å². The highest BCUT2D eigenvalue weighted by molar-refractivity contribution is 5.81. The Labute approximate surface area is 141 Å². The van der Waals surface area contributed by atoms with Gasteiger partial charge in [0.15, 0.2) is 0 Å². The van der Waals surface area contributed by atoms with Gasteiger partial charge in [0.25, 0.3) is 5.91 Å². The van der Waals surface area contributed by atoms with Crippen molar-refractivity contribution in [3.63, 3.8) is 0 Å². The summed E-state index contributed by atoms with van der Waals surface area (Å²) in [6, 6.07) is 0. The summed E-state index contributed by atoms with van der Waals surface area (Å²) in [6.45, 7) is 4.24. The lowest BCUT2D eigenvalue weighted by Gasteiger charge is -2.24. The molecule has 0 bridgehead atoms. The van der Waals surface area contributed by atoms with Crippen LogP contribution in [0.1, 0.15) is 43.5 Å². The molecule has 1 aromatic heterocycles. The van der Waals surface area contributed by atoms with Crippen molar-refractivity contribution in [3.05, 3.63) is 17.7 Å². The molecule has 3 aliphatic rings. The summed E-state index contributed by atoms with van der Waals surface area (Å²) in [5.41, 5.74) is 2.00. The quantitative estimate of drug-likeness (QED) is 0.825. The van der Waals surface area contributed by atoms with Crippen molar-refractivity contribution < 1.29 is 14.3 Å². The molecule has 0 unspecified atom stereocenters. The summed E-state index contributed by atoms with van der Waals surface area (Å²) in [6.07, 6.45) is 5.85. The monoisotopic (exact) mass is 332 g/mol. The molecule has 7 nitrogen and oxygen atoms in total. The van der Waals surface area contributed by atoms with E-state index in [4.69, 9.17) is 4.74 Å². The normalized spacial score (nSPS) is 24.3. The molecule has 2 saturated heterocycles. The number of hydrogen-bond acceptors (Lipinski definition) is 4. The fourth-order valence-corrected chi connectivity index (χ4v) is 3.86. The van der Waals surface area contributed by atoms with Crippen LogP contribution >= 0.6 is 0 Å². The largest absolute Gasteiger partial charge is 0.368 e. The molecule has 0 aromatic carbocycles. The summed E-state index contributed by atoms with van der Waals surface area (Å²) in [7, 11) is 0. The minimum atomic E-state index is -0.275. The summed E-state index contributed by atoms with van der Waals surface area (Å²) < 4.78 is 7.70. The van der Waals surface area contributed by atoms with E-state index in [1.165, 1.54) is 0 Å². The standard InChI is InChI=1S/C17H24N4O3/c22-16-5-1-6-19(16)10-13-14-11-20(7-3-8-21(14)12-18-13)17(23)15-4-2-9-24-15/h12,15H,1-11H2/t15-/m1/s1. The van der Waals surface area contributed by atoms with Gasteiger partial charge in [-0.15, -0.1) is 0 Å². The van der Waals surface area contributed by atoms with Crippen LogP contribution in [-0.4, -0.2) is 57.0 Å². The van der Waals surface area contributed by atoms with E-state index in [2.05, 4.69) is 9.55 Å². The molecule has 7 heteroatoms. The first-order chi connectivity index (χ1) is 11.7. The number of aromatic nitrogens is 2. The Balaban J connectivity index is 1.51. The Bertz CT molecular complexity index is 636. The second-order valence-corrected chi connectivity index (χ2v) is 6.87. The molecule has 4 rings (SSSR count). The maximum absolute atomic E-state index is 12.7. The Morgan fingerprint density at radius 3 is 2.92 bits per heavy atom. The van der Waals surface area contributed by atoms with Gasteiger partial charge < -0.3 is 19.1 Å². The van der Waals surface area contributed by atoms with Crippen molar-refractivity contribution in [2.45, 2.75) is 57.8 Å². The van der Waals surface area contributed by atoms with E-state index < -0.39 is 0 Å². The molecule has 0 saturated carbocycles. The van der Waals surface area contributed by atoms with Gasteiger partial charge in [-0.3, -0.25) is 9.59 Å². The number of amides is 2. The van der Waals surface area contributed by atoms with E-state index in [1.807, 2.05) is 16.1 Å². The summed E-state index contributed by atoms with van der Waals surface area (Å²) >= 11 is 0. The van der Waals surface area contributed by atoms with E-state index in [0.29, 0.717) is 26.1 Å². The third-order valence-corrected chi connectivity index (χ3v) is 5.23. The van der Waals surface area contributed by atoms with Crippen molar-refractivity contribution in [2.75, 3.05) is 19.7 Å². The molecular weight excluding hydrogens is 308 g/mol. The van der Waals surface area contributed by atoms with Crippen molar-refractivity contribution in [1.29, 1.82) is 0 Å². The Morgan fingerprint density at radius 1 is 1.25 bits per heavy atom. The molecule has 1 aromatic rings. The highest BCUT2D eigenvalue weighted by Gasteiger charge is 2.31. The molecular formula is C17H24N4O3. The first-order valence-corrected chi connectivity index (χ1v) is 8.93. The number of likely N-dealkylation sites (tertiary alicyclic amines) is 1. The molecule has 1 atom stereocenters. The maximum atomic E-state index is 12.7. The zero-order valence-electron chi connectivity index (χ0n) is 13.9.